The molecule has 0 radical (unpaired) electrons. The standard InChI is InChI=1S/C18H22N6O/c1-14-11-16-18(19-5-6-24(16)21-14)23-9-7-22(8-10-23)13-15-3-4-17(25-2)20-12-15/h3-6,11-12H,7-10,13H2,1-2H3. The van der Waals surface area contributed by atoms with Crippen LogP contribution in [0.25, 0.3) is 5.52 Å². The van der Waals surface area contributed by atoms with Gasteiger partial charge < -0.3 is 9.64 Å². The second-order valence-electron chi connectivity index (χ2n) is 6.34. The lowest BCUT2D eigenvalue weighted by molar-refractivity contribution is 0.249. The lowest BCUT2D eigenvalue weighted by atomic mass is 10.2. The molecule has 0 amide bonds. The molecule has 0 saturated carbocycles. The first kappa shape index (κ1) is 15.8. The summed E-state index contributed by atoms with van der Waals surface area (Å²) in [6.07, 6.45) is 5.62. The van der Waals surface area contributed by atoms with Gasteiger partial charge in [0.15, 0.2) is 5.82 Å². The van der Waals surface area contributed by atoms with Gasteiger partial charge in [-0.25, -0.2) is 14.5 Å². The summed E-state index contributed by atoms with van der Waals surface area (Å²) in [5, 5.41) is 4.48. The summed E-state index contributed by atoms with van der Waals surface area (Å²) in [7, 11) is 1.64. The van der Waals surface area contributed by atoms with Gasteiger partial charge in [0.1, 0.15) is 5.52 Å². The van der Waals surface area contributed by atoms with Gasteiger partial charge in [0.2, 0.25) is 5.88 Å². The maximum atomic E-state index is 5.11. The SMILES string of the molecule is COc1ccc(CN2CCN(c3nccn4nc(C)cc34)CC2)cn1. The average molecular weight is 338 g/mol. The first-order valence-electron chi connectivity index (χ1n) is 8.50. The number of aromatic nitrogens is 4. The van der Waals surface area contributed by atoms with Crippen LogP contribution < -0.4 is 9.64 Å². The van der Waals surface area contributed by atoms with Crippen LogP contribution in [0.4, 0.5) is 5.82 Å². The maximum absolute atomic E-state index is 5.11. The summed E-state index contributed by atoms with van der Waals surface area (Å²) < 4.78 is 7.02. The van der Waals surface area contributed by atoms with Crippen molar-refractivity contribution in [3.05, 3.63) is 48.0 Å². The summed E-state index contributed by atoms with van der Waals surface area (Å²) in [5.41, 5.74) is 3.30. The van der Waals surface area contributed by atoms with Gasteiger partial charge in [-0.2, -0.15) is 5.10 Å². The Kier molecular flexibility index (Phi) is 4.23. The molecule has 1 aliphatic rings. The fourth-order valence-corrected chi connectivity index (χ4v) is 3.28. The summed E-state index contributed by atoms with van der Waals surface area (Å²) in [4.78, 5) is 13.7. The van der Waals surface area contributed by atoms with E-state index in [2.05, 4.69) is 37.0 Å². The molecule has 4 rings (SSSR count). The zero-order chi connectivity index (χ0) is 17.2. The van der Waals surface area contributed by atoms with Gasteiger partial charge in [-0.1, -0.05) is 6.07 Å². The van der Waals surface area contributed by atoms with E-state index in [9.17, 15) is 0 Å². The maximum Gasteiger partial charge on any atom is 0.212 e. The highest BCUT2D eigenvalue weighted by Gasteiger charge is 2.20. The number of hydrogen-bond donors (Lipinski definition) is 0. The Balaban J connectivity index is 1.42. The number of rotatable bonds is 4. The first-order chi connectivity index (χ1) is 12.2. The predicted octanol–water partition coefficient (Wildman–Crippen LogP) is 1.76. The molecule has 1 fully saturated rings. The predicted molar refractivity (Wildman–Crippen MR) is 96.0 cm³/mol. The topological polar surface area (TPSA) is 58.8 Å². The molecular weight excluding hydrogens is 316 g/mol. The lowest BCUT2D eigenvalue weighted by Gasteiger charge is -2.35. The summed E-state index contributed by atoms with van der Waals surface area (Å²) in [5.74, 6) is 1.68. The number of aryl methyl sites for hydroxylation is 1. The first-order valence-corrected chi connectivity index (χ1v) is 8.50. The van der Waals surface area contributed by atoms with Gasteiger partial charge in [-0.3, -0.25) is 4.90 Å². The largest absolute Gasteiger partial charge is 0.481 e. The van der Waals surface area contributed by atoms with Gasteiger partial charge in [0, 0.05) is 57.4 Å². The summed E-state index contributed by atoms with van der Waals surface area (Å²) in [6.45, 7) is 6.84. The Morgan fingerprint density at radius 2 is 1.96 bits per heavy atom. The minimum Gasteiger partial charge on any atom is -0.481 e. The van der Waals surface area contributed by atoms with Crippen LogP contribution in [0.1, 0.15) is 11.3 Å². The Morgan fingerprint density at radius 3 is 2.68 bits per heavy atom. The highest BCUT2D eigenvalue weighted by molar-refractivity contribution is 5.69. The van der Waals surface area contributed by atoms with Crippen molar-refractivity contribution in [2.75, 3.05) is 38.2 Å². The smallest absolute Gasteiger partial charge is 0.212 e. The van der Waals surface area contributed by atoms with Gasteiger partial charge in [0.25, 0.3) is 0 Å². The number of pyridine rings is 1. The number of nitrogens with zero attached hydrogens (tertiary/aromatic N) is 6. The molecule has 0 aromatic carbocycles. The minimum absolute atomic E-state index is 0.656. The molecule has 0 unspecified atom stereocenters. The molecule has 0 bridgehead atoms. The van der Waals surface area contributed by atoms with Crippen molar-refractivity contribution >= 4 is 11.3 Å². The molecule has 25 heavy (non-hydrogen) atoms. The van der Waals surface area contributed by atoms with Crippen molar-refractivity contribution in [2.45, 2.75) is 13.5 Å². The van der Waals surface area contributed by atoms with Crippen molar-refractivity contribution < 1.29 is 4.74 Å². The quantitative estimate of drug-likeness (QED) is 0.722. The summed E-state index contributed by atoms with van der Waals surface area (Å²) in [6, 6.07) is 6.09. The van der Waals surface area contributed by atoms with Gasteiger partial charge in [-0.05, 0) is 18.6 Å². The van der Waals surface area contributed by atoms with Crippen LogP contribution >= 0.6 is 0 Å². The Bertz CT molecular complexity index is 852. The van der Waals surface area contributed by atoms with Crippen molar-refractivity contribution in [1.82, 2.24) is 24.5 Å². The number of fused-ring (bicyclic) bond motifs is 1. The van der Waals surface area contributed by atoms with Crippen molar-refractivity contribution in [3.63, 3.8) is 0 Å². The highest BCUT2D eigenvalue weighted by atomic mass is 16.5. The second kappa shape index (κ2) is 6.68. The number of ether oxygens (including phenoxy) is 1. The molecule has 3 aromatic heterocycles. The average Bonchev–Trinajstić information content (AvgIpc) is 3.03. The normalized spacial score (nSPS) is 15.7. The molecule has 0 spiro atoms. The molecule has 1 saturated heterocycles. The third-order valence-corrected chi connectivity index (χ3v) is 4.58. The third kappa shape index (κ3) is 3.28. The minimum atomic E-state index is 0.656. The van der Waals surface area contributed by atoms with Crippen LogP contribution in [0.2, 0.25) is 0 Å². The van der Waals surface area contributed by atoms with Crippen LogP contribution in [-0.4, -0.2) is 57.8 Å². The zero-order valence-corrected chi connectivity index (χ0v) is 14.6. The van der Waals surface area contributed by atoms with E-state index in [-0.39, 0.29) is 0 Å². The van der Waals surface area contributed by atoms with Crippen LogP contribution in [0.3, 0.4) is 0 Å². The molecule has 7 heteroatoms. The second-order valence-corrected chi connectivity index (χ2v) is 6.34. The molecule has 3 aromatic rings. The van der Waals surface area contributed by atoms with E-state index in [1.54, 1.807) is 7.11 Å². The molecule has 130 valence electrons. The summed E-state index contributed by atoms with van der Waals surface area (Å²) >= 11 is 0. The van der Waals surface area contributed by atoms with Gasteiger partial charge in [0.05, 0.1) is 12.8 Å². The Morgan fingerprint density at radius 1 is 1.12 bits per heavy atom. The van der Waals surface area contributed by atoms with E-state index in [0.29, 0.717) is 5.88 Å². The Labute approximate surface area is 146 Å². The van der Waals surface area contributed by atoms with E-state index in [0.717, 1.165) is 49.8 Å². The van der Waals surface area contributed by atoms with Gasteiger partial charge >= 0.3 is 0 Å². The fourth-order valence-electron chi connectivity index (χ4n) is 3.28. The fraction of sp³-hybridized carbons (Fsp3) is 0.389. The third-order valence-electron chi connectivity index (χ3n) is 4.58. The van der Waals surface area contributed by atoms with Crippen LogP contribution in [0.15, 0.2) is 36.8 Å². The molecule has 1 aliphatic heterocycles. The van der Waals surface area contributed by atoms with Crippen LogP contribution in [0, 0.1) is 6.92 Å². The van der Waals surface area contributed by atoms with E-state index in [4.69, 9.17) is 4.74 Å². The van der Waals surface area contributed by atoms with Crippen LogP contribution in [-0.2, 0) is 6.54 Å². The van der Waals surface area contributed by atoms with Crippen molar-refractivity contribution in [2.24, 2.45) is 0 Å². The van der Waals surface area contributed by atoms with E-state index < -0.39 is 0 Å². The van der Waals surface area contributed by atoms with Gasteiger partial charge in [-0.15, -0.1) is 0 Å². The molecule has 4 heterocycles. The monoisotopic (exact) mass is 338 g/mol. The lowest BCUT2D eigenvalue weighted by Crippen LogP contribution is -2.46. The van der Waals surface area contributed by atoms with Crippen LogP contribution in [0.5, 0.6) is 5.88 Å². The highest BCUT2D eigenvalue weighted by Crippen LogP contribution is 2.21. The molecule has 0 N–H and O–H groups in total. The molecule has 0 aliphatic carbocycles. The van der Waals surface area contributed by atoms with E-state index >= 15 is 0 Å². The number of piperazine rings is 1. The molecule has 0 atom stereocenters. The number of methoxy groups -OCH3 is 1. The van der Waals surface area contributed by atoms with E-state index in [1.807, 2.05) is 36.1 Å². The van der Waals surface area contributed by atoms with Crippen molar-refractivity contribution in [1.29, 1.82) is 0 Å². The molecular formula is C18H22N6O. The number of anilines is 1. The number of hydrogen-bond acceptors (Lipinski definition) is 6. The molecule has 7 nitrogen and oxygen atoms in total. The van der Waals surface area contributed by atoms with Crippen molar-refractivity contribution in [3.8, 4) is 5.88 Å². The zero-order valence-electron chi connectivity index (χ0n) is 14.6. The Hall–Kier alpha value is -2.67. The van der Waals surface area contributed by atoms with E-state index in [1.165, 1.54) is 5.56 Å².